The summed E-state index contributed by atoms with van der Waals surface area (Å²) < 4.78 is 17.1. The van der Waals surface area contributed by atoms with Crippen LogP contribution >= 0.6 is 11.3 Å². The first-order valence-corrected chi connectivity index (χ1v) is 13.0. The maximum atomic E-state index is 13.2. The lowest BCUT2D eigenvalue weighted by atomic mass is 9.88. The number of hydrogen-bond donors (Lipinski definition) is 3. The fourth-order valence-corrected chi connectivity index (χ4v) is 7.26. The van der Waals surface area contributed by atoms with E-state index in [9.17, 15) is 24.5 Å². The third-order valence-corrected chi connectivity index (χ3v) is 9.46. The van der Waals surface area contributed by atoms with Crippen molar-refractivity contribution in [3.8, 4) is 6.07 Å². The number of carbonyl (C=O) groups is 1. The van der Waals surface area contributed by atoms with Crippen molar-refractivity contribution in [2.45, 2.75) is 75.2 Å². The summed E-state index contributed by atoms with van der Waals surface area (Å²) in [6.45, 7) is 2.50. The zero-order valence-electron chi connectivity index (χ0n) is 18.1. The molecule has 1 unspecified atom stereocenters. The smallest absolute Gasteiger partial charge is 0.259 e. The van der Waals surface area contributed by atoms with Gasteiger partial charge in [0.05, 0.1) is 30.4 Å². The average molecular weight is 475 g/mol. The standard InChI is InChI=1S/C22H26N4O4S2/c1-22(2,29)21-25-18(11-27)20(31-21)32(24,30)26-19(28)9-16-12-5-3-7-14(12)17(10-23)15-8-4-6-13(15)16/h27,29H,3-9,11H2,1-2H3,(H2,24,26,28,30). The molecule has 0 bridgehead atoms. The molecule has 0 radical (unpaired) electrons. The van der Waals surface area contributed by atoms with Gasteiger partial charge in [-0.1, -0.05) is 0 Å². The van der Waals surface area contributed by atoms with E-state index in [1.807, 2.05) is 0 Å². The molecule has 1 aromatic carbocycles. The van der Waals surface area contributed by atoms with E-state index in [0.717, 1.165) is 83.2 Å². The van der Waals surface area contributed by atoms with Gasteiger partial charge in [-0.3, -0.25) is 4.79 Å². The molecule has 1 heterocycles. The molecule has 2 aliphatic carbocycles. The van der Waals surface area contributed by atoms with E-state index >= 15 is 0 Å². The van der Waals surface area contributed by atoms with Crippen LogP contribution in [0, 0.1) is 11.3 Å². The molecule has 8 nitrogen and oxygen atoms in total. The number of nitriles is 1. The Morgan fingerprint density at radius 2 is 1.78 bits per heavy atom. The quantitative estimate of drug-likeness (QED) is 0.604. The average Bonchev–Trinajstić information content (AvgIpc) is 3.45. The lowest BCUT2D eigenvalue weighted by Crippen LogP contribution is -2.17. The normalized spacial score (nSPS) is 16.9. The molecule has 2 aliphatic rings. The van der Waals surface area contributed by atoms with E-state index < -0.39 is 28.0 Å². The summed E-state index contributed by atoms with van der Waals surface area (Å²) in [6, 6.07) is 2.37. The molecule has 0 fully saturated rings. The second-order valence-electron chi connectivity index (χ2n) is 8.79. The van der Waals surface area contributed by atoms with Crippen LogP contribution in [0.4, 0.5) is 0 Å². The Morgan fingerprint density at radius 3 is 2.28 bits per heavy atom. The highest BCUT2D eigenvalue weighted by atomic mass is 32.2. The highest BCUT2D eigenvalue weighted by molar-refractivity contribution is 7.93. The van der Waals surface area contributed by atoms with Crippen molar-refractivity contribution in [3.63, 3.8) is 0 Å². The SMILES string of the molecule is CC(C)(O)c1nc(CO)c(S(N)(=O)=NC(=O)Cc2c3c(c(C#N)c4c2CCC4)CCC3)s1. The molecule has 170 valence electrons. The number of amides is 1. The van der Waals surface area contributed by atoms with Gasteiger partial charge in [0.1, 0.15) is 14.8 Å². The van der Waals surface area contributed by atoms with Gasteiger partial charge in [0.25, 0.3) is 5.91 Å². The minimum atomic E-state index is -3.64. The molecule has 4 N–H and O–H groups in total. The van der Waals surface area contributed by atoms with E-state index in [1.165, 1.54) is 13.8 Å². The van der Waals surface area contributed by atoms with E-state index in [4.69, 9.17) is 5.14 Å². The molecule has 0 spiro atoms. The summed E-state index contributed by atoms with van der Waals surface area (Å²) in [4.78, 5) is 17.1. The van der Waals surface area contributed by atoms with Crippen molar-refractivity contribution in [3.05, 3.63) is 44.1 Å². The minimum Gasteiger partial charge on any atom is -0.390 e. The van der Waals surface area contributed by atoms with Crippen molar-refractivity contribution in [1.82, 2.24) is 4.98 Å². The van der Waals surface area contributed by atoms with Gasteiger partial charge >= 0.3 is 0 Å². The monoisotopic (exact) mass is 474 g/mol. The molecule has 1 aromatic heterocycles. The summed E-state index contributed by atoms with van der Waals surface area (Å²) >= 11 is 0.888. The molecule has 2 aromatic rings. The van der Waals surface area contributed by atoms with Crippen LogP contribution in [0.15, 0.2) is 8.57 Å². The van der Waals surface area contributed by atoms with Gasteiger partial charge in [-0.25, -0.2) is 14.3 Å². The Kier molecular flexibility index (Phi) is 5.98. The zero-order valence-corrected chi connectivity index (χ0v) is 19.7. The van der Waals surface area contributed by atoms with Gasteiger partial charge in [0.2, 0.25) is 0 Å². The number of carbonyl (C=O) groups excluding carboxylic acids is 1. The number of fused-ring (bicyclic) bond motifs is 2. The van der Waals surface area contributed by atoms with Crippen LogP contribution in [0.1, 0.15) is 70.8 Å². The van der Waals surface area contributed by atoms with E-state index in [0.29, 0.717) is 0 Å². The van der Waals surface area contributed by atoms with Gasteiger partial charge in [0.15, 0.2) is 9.92 Å². The van der Waals surface area contributed by atoms with Crippen molar-refractivity contribution in [1.29, 1.82) is 5.26 Å². The second-order valence-corrected chi connectivity index (χ2v) is 11.8. The molecular formula is C22H26N4O4S2. The van der Waals surface area contributed by atoms with Crippen molar-refractivity contribution < 1.29 is 19.2 Å². The summed E-state index contributed by atoms with van der Waals surface area (Å²) in [5, 5.41) is 35.7. The van der Waals surface area contributed by atoms with Gasteiger partial charge in [-0.2, -0.15) is 5.26 Å². The van der Waals surface area contributed by atoms with Crippen LogP contribution in [0.2, 0.25) is 0 Å². The molecule has 1 amide bonds. The van der Waals surface area contributed by atoms with Crippen LogP contribution in [0.25, 0.3) is 0 Å². The van der Waals surface area contributed by atoms with Crippen LogP contribution in [0.3, 0.4) is 0 Å². The fourth-order valence-electron chi connectivity index (χ4n) is 4.72. The first-order valence-electron chi connectivity index (χ1n) is 10.6. The molecule has 0 aliphatic heterocycles. The van der Waals surface area contributed by atoms with E-state index in [-0.39, 0.29) is 21.3 Å². The maximum Gasteiger partial charge on any atom is 0.259 e. The van der Waals surface area contributed by atoms with Crippen molar-refractivity contribution in [2.24, 2.45) is 9.50 Å². The predicted molar refractivity (Wildman–Crippen MR) is 120 cm³/mol. The number of nitrogens with two attached hydrogens (primary N) is 1. The molecule has 32 heavy (non-hydrogen) atoms. The van der Waals surface area contributed by atoms with Crippen molar-refractivity contribution >= 4 is 27.2 Å². The summed E-state index contributed by atoms with van der Waals surface area (Å²) in [5.74, 6) is -0.604. The Bertz CT molecular complexity index is 1240. The molecular weight excluding hydrogens is 448 g/mol. The lowest BCUT2D eigenvalue weighted by Gasteiger charge is -2.16. The van der Waals surface area contributed by atoms with Crippen LogP contribution in [0.5, 0.6) is 0 Å². The number of aliphatic hydroxyl groups is 2. The molecule has 0 saturated carbocycles. The van der Waals surface area contributed by atoms with Gasteiger partial charge in [0, 0.05) is 0 Å². The number of rotatable bonds is 5. The molecule has 1 atom stereocenters. The number of hydrogen-bond acceptors (Lipinski definition) is 7. The first-order chi connectivity index (χ1) is 15.1. The third-order valence-electron chi connectivity index (χ3n) is 6.05. The maximum absolute atomic E-state index is 13.2. The summed E-state index contributed by atoms with van der Waals surface area (Å²) in [6.07, 6.45) is 5.16. The number of nitrogens with zero attached hydrogens (tertiary/aromatic N) is 3. The summed E-state index contributed by atoms with van der Waals surface area (Å²) in [7, 11) is -3.64. The zero-order chi connectivity index (χ0) is 23.3. The Morgan fingerprint density at radius 1 is 1.22 bits per heavy atom. The van der Waals surface area contributed by atoms with Crippen LogP contribution < -0.4 is 5.14 Å². The molecule has 0 saturated heterocycles. The Balaban J connectivity index is 1.73. The number of aromatic nitrogens is 1. The number of thiazole rings is 1. The van der Waals surface area contributed by atoms with E-state index in [2.05, 4.69) is 15.4 Å². The largest absolute Gasteiger partial charge is 0.390 e. The van der Waals surface area contributed by atoms with Crippen LogP contribution in [-0.2, 0) is 59.0 Å². The van der Waals surface area contributed by atoms with Gasteiger partial charge in [-0.15, -0.1) is 15.7 Å². The number of aliphatic hydroxyl groups excluding tert-OH is 1. The predicted octanol–water partition coefficient (Wildman–Crippen LogP) is 2.18. The topological polar surface area (TPSA) is 150 Å². The minimum absolute atomic E-state index is 0.000705. The highest BCUT2D eigenvalue weighted by Gasteiger charge is 2.30. The van der Waals surface area contributed by atoms with E-state index in [1.54, 1.807) is 0 Å². The van der Waals surface area contributed by atoms with Crippen molar-refractivity contribution in [2.75, 3.05) is 0 Å². The molecule has 4 rings (SSSR count). The molecule has 10 heteroatoms. The third kappa shape index (κ3) is 4.00. The Labute approximate surface area is 191 Å². The highest BCUT2D eigenvalue weighted by Crippen LogP contribution is 2.39. The lowest BCUT2D eigenvalue weighted by molar-refractivity contribution is -0.117. The van der Waals surface area contributed by atoms with Gasteiger partial charge in [-0.05, 0) is 80.2 Å². The van der Waals surface area contributed by atoms with Crippen LogP contribution in [-0.4, -0.2) is 25.3 Å². The second kappa shape index (κ2) is 8.32. The fraction of sp³-hybridized carbons (Fsp3) is 0.500. The first kappa shape index (κ1) is 23.0. The van der Waals surface area contributed by atoms with Gasteiger partial charge < -0.3 is 10.2 Å². The summed E-state index contributed by atoms with van der Waals surface area (Å²) in [5.41, 5.74) is 4.65. The number of benzene rings is 1. The Hall–Kier alpha value is -2.16.